The zero-order chi connectivity index (χ0) is 20.1. The van der Waals surface area contributed by atoms with Gasteiger partial charge in [0.2, 0.25) is 5.78 Å². The van der Waals surface area contributed by atoms with Gasteiger partial charge in [-0.25, -0.2) is 14.4 Å². The predicted octanol–water partition coefficient (Wildman–Crippen LogP) is -2.39. The van der Waals surface area contributed by atoms with Crippen LogP contribution in [0.4, 0.5) is 0 Å². The Labute approximate surface area is 150 Å². The minimum atomic E-state index is -1.43. The quantitative estimate of drug-likeness (QED) is 0.161. The molecule has 0 fully saturated rings. The van der Waals surface area contributed by atoms with E-state index in [1.807, 2.05) is 0 Å². The van der Waals surface area contributed by atoms with Gasteiger partial charge in [-0.15, -0.1) is 0 Å². The third-order valence-electron chi connectivity index (χ3n) is 3.24. The number of nitrogens with two attached hydrogens (primary N) is 4. The van der Waals surface area contributed by atoms with Gasteiger partial charge in [-0.05, 0) is 38.8 Å². The number of rotatable bonds is 12. The Morgan fingerprint density at radius 3 is 1.65 bits per heavy atom. The van der Waals surface area contributed by atoms with Crippen LogP contribution in [0.15, 0.2) is 0 Å². The second kappa shape index (κ2) is 13.1. The van der Waals surface area contributed by atoms with E-state index in [1.165, 1.54) is 0 Å². The van der Waals surface area contributed by atoms with Crippen molar-refractivity contribution >= 4 is 29.7 Å². The highest BCUT2D eigenvalue weighted by Gasteiger charge is 2.25. The maximum absolute atomic E-state index is 11.6. The number of carbonyl (C=O) groups excluding carboxylic acids is 5. The van der Waals surface area contributed by atoms with Crippen molar-refractivity contribution in [3.05, 3.63) is 0 Å². The Hall–Kier alpha value is -2.21. The summed E-state index contributed by atoms with van der Waals surface area (Å²) in [6.07, 6.45) is 0.253. The van der Waals surface area contributed by atoms with E-state index in [1.54, 1.807) is 0 Å². The highest BCUT2D eigenvalue weighted by molar-refractivity contribution is 6.35. The molecule has 8 N–H and O–H groups in total. The average molecular weight is 374 g/mol. The zero-order valence-electron chi connectivity index (χ0n) is 14.5. The number of Topliss-reactive ketones (excluding diaryl/α,β-unsaturated/α-hetero) is 1. The smallest absolute Gasteiger partial charge is 0.382 e. The second-order valence-corrected chi connectivity index (χ2v) is 5.50. The molecule has 0 aromatic heterocycles. The van der Waals surface area contributed by atoms with Crippen molar-refractivity contribution in [2.45, 2.75) is 50.6 Å². The SMILES string of the molecule is NCCC[C@@H](N)C(=O)OC(=O)CCC(=O)C(=O)OC(=O)[C@H](N)CCCN. The van der Waals surface area contributed by atoms with Crippen molar-refractivity contribution in [3.8, 4) is 0 Å². The van der Waals surface area contributed by atoms with Crippen molar-refractivity contribution in [2.24, 2.45) is 22.9 Å². The van der Waals surface area contributed by atoms with E-state index in [9.17, 15) is 24.0 Å². The summed E-state index contributed by atoms with van der Waals surface area (Å²) in [7, 11) is 0. The fraction of sp³-hybridized carbons (Fsp3) is 0.667. The monoisotopic (exact) mass is 374 g/mol. The molecule has 0 radical (unpaired) electrons. The molecule has 0 rings (SSSR count). The Kier molecular flexibility index (Phi) is 11.9. The topological polar surface area (TPSA) is 208 Å². The number of hydrogen-bond donors (Lipinski definition) is 4. The lowest BCUT2D eigenvalue weighted by molar-refractivity contribution is -0.165. The fourth-order valence-corrected chi connectivity index (χ4v) is 1.69. The molecule has 0 aliphatic heterocycles. The maximum atomic E-state index is 11.6. The van der Waals surface area contributed by atoms with Crippen LogP contribution in [0, 0.1) is 0 Å². The summed E-state index contributed by atoms with van der Waals surface area (Å²) in [6.45, 7) is 0.644. The molecule has 0 bridgehead atoms. The molecule has 0 saturated carbocycles. The van der Waals surface area contributed by atoms with Crippen molar-refractivity contribution in [2.75, 3.05) is 13.1 Å². The van der Waals surface area contributed by atoms with Crippen LogP contribution >= 0.6 is 0 Å². The predicted molar refractivity (Wildman–Crippen MR) is 89.0 cm³/mol. The van der Waals surface area contributed by atoms with Crippen LogP contribution in [0.5, 0.6) is 0 Å². The lowest BCUT2D eigenvalue weighted by Gasteiger charge is -2.10. The first-order valence-corrected chi connectivity index (χ1v) is 8.17. The van der Waals surface area contributed by atoms with Gasteiger partial charge in [-0.3, -0.25) is 9.59 Å². The van der Waals surface area contributed by atoms with Gasteiger partial charge in [0.15, 0.2) is 0 Å². The van der Waals surface area contributed by atoms with Crippen LogP contribution in [-0.2, 0) is 33.4 Å². The normalized spacial score (nSPS) is 12.8. The molecule has 0 aromatic rings. The van der Waals surface area contributed by atoms with Gasteiger partial charge >= 0.3 is 23.9 Å². The minimum Gasteiger partial charge on any atom is -0.392 e. The van der Waals surface area contributed by atoms with Gasteiger partial charge in [-0.1, -0.05) is 0 Å². The number of ketones is 1. The molecule has 148 valence electrons. The second-order valence-electron chi connectivity index (χ2n) is 5.50. The van der Waals surface area contributed by atoms with E-state index < -0.39 is 54.6 Å². The maximum Gasteiger partial charge on any atom is 0.382 e. The Balaban J connectivity index is 4.23. The first kappa shape index (κ1) is 23.8. The van der Waals surface area contributed by atoms with E-state index in [4.69, 9.17) is 22.9 Å². The Morgan fingerprint density at radius 1 is 0.731 bits per heavy atom. The molecule has 0 aliphatic carbocycles. The third kappa shape index (κ3) is 9.93. The van der Waals surface area contributed by atoms with E-state index in [-0.39, 0.29) is 12.8 Å². The van der Waals surface area contributed by atoms with E-state index in [0.717, 1.165) is 0 Å². The molecule has 2 atom stereocenters. The Morgan fingerprint density at radius 2 is 1.19 bits per heavy atom. The molecule has 0 unspecified atom stereocenters. The summed E-state index contributed by atoms with van der Waals surface area (Å²) in [5.74, 6) is -5.58. The van der Waals surface area contributed by atoms with E-state index in [2.05, 4.69) is 9.47 Å². The molecule has 0 amide bonds. The largest absolute Gasteiger partial charge is 0.392 e. The lowest BCUT2D eigenvalue weighted by atomic mass is 10.1. The van der Waals surface area contributed by atoms with Crippen molar-refractivity contribution in [1.29, 1.82) is 0 Å². The molecule has 11 nitrogen and oxygen atoms in total. The van der Waals surface area contributed by atoms with Gasteiger partial charge in [0.05, 0.1) is 6.42 Å². The fourth-order valence-electron chi connectivity index (χ4n) is 1.69. The number of carbonyl (C=O) groups is 5. The lowest BCUT2D eigenvalue weighted by Crippen LogP contribution is -2.36. The molecule has 0 heterocycles. The van der Waals surface area contributed by atoms with Crippen LogP contribution in [0.2, 0.25) is 0 Å². The third-order valence-corrected chi connectivity index (χ3v) is 3.24. The first-order chi connectivity index (χ1) is 12.2. The van der Waals surface area contributed by atoms with E-state index >= 15 is 0 Å². The van der Waals surface area contributed by atoms with Crippen LogP contribution in [0.1, 0.15) is 38.5 Å². The first-order valence-electron chi connectivity index (χ1n) is 8.17. The van der Waals surface area contributed by atoms with Gasteiger partial charge < -0.3 is 32.4 Å². The Bertz CT molecular complexity index is 524. The summed E-state index contributed by atoms with van der Waals surface area (Å²) in [5.41, 5.74) is 21.5. The standard InChI is InChI=1S/C15H26N4O7/c16-7-1-3-9(18)13(22)25-12(21)6-5-11(20)15(24)26-14(23)10(19)4-2-8-17/h9-10H,1-8,16-19H2/t9-,10-/m1/s1. The molecule has 26 heavy (non-hydrogen) atoms. The minimum absolute atomic E-state index is 0.204. The molecule has 0 saturated heterocycles. The molecule has 0 spiro atoms. The highest BCUT2D eigenvalue weighted by Crippen LogP contribution is 2.02. The van der Waals surface area contributed by atoms with Crippen LogP contribution in [0.25, 0.3) is 0 Å². The summed E-state index contributed by atoms with van der Waals surface area (Å²) in [5, 5.41) is 0. The number of hydrogen-bond acceptors (Lipinski definition) is 11. The summed E-state index contributed by atoms with van der Waals surface area (Å²) in [6, 6.07) is -2.08. The molecule has 0 aliphatic rings. The van der Waals surface area contributed by atoms with Crippen molar-refractivity contribution in [1.82, 2.24) is 0 Å². The zero-order valence-corrected chi connectivity index (χ0v) is 14.5. The van der Waals surface area contributed by atoms with Crippen LogP contribution in [-0.4, -0.2) is 54.8 Å². The summed E-state index contributed by atoms with van der Waals surface area (Å²) < 4.78 is 8.78. The van der Waals surface area contributed by atoms with E-state index in [0.29, 0.717) is 25.9 Å². The molecule has 0 aromatic carbocycles. The van der Waals surface area contributed by atoms with Crippen LogP contribution < -0.4 is 22.9 Å². The van der Waals surface area contributed by atoms with Gasteiger partial charge in [0, 0.05) is 6.42 Å². The highest BCUT2D eigenvalue weighted by atomic mass is 16.6. The van der Waals surface area contributed by atoms with Crippen molar-refractivity contribution in [3.63, 3.8) is 0 Å². The average Bonchev–Trinajstić information content (AvgIpc) is 2.61. The van der Waals surface area contributed by atoms with Gasteiger partial charge in [0.1, 0.15) is 12.1 Å². The van der Waals surface area contributed by atoms with Gasteiger partial charge in [0.25, 0.3) is 0 Å². The molecular formula is C15H26N4O7. The van der Waals surface area contributed by atoms with Gasteiger partial charge in [-0.2, -0.15) is 0 Å². The molecular weight excluding hydrogens is 348 g/mol. The number of esters is 4. The summed E-state index contributed by atoms with van der Waals surface area (Å²) >= 11 is 0. The van der Waals surface area contributed by atoms with Crippen molar-refractivity contribution < 1.29 is 33.4 Å². The summed E-state index contributed by atoms with van der Waals surface area (Å²) in [4.78, 5) is 57.5. The van der Waals surface area contributed by atoms with Crippen LogP contribution in [0.3, 0.4) is 0 Å². The molecule has 11 heteroatoms. The number of ether oxygens (including phenoxy) is 2.